The van der Waals surface area contributed by atoms with E-state index in [1.165, 1.54) is 0 Å². The number of ether oxygens (including phenoxy) is 1. The van der Waals surface area contributed by atoms with E-state index in [1.807, 2.05) is 6.92 Å². The number of hydrogen-bond donors (Lipinski definition) is 1. The van der Waals surface area contributed by atoms with Crippen molar-refractivity contribution < 1.29 is 9.53 Å². The summed E-state index contributed by atoms with van der Waals surface area (Å²) in [6.07, 6.45) is 0.489. The van der Waals surface area contributed by atoms with Crippen molar-refractivity contribution in [2.45, 2.75) is 13.8 Å². The van der Waals surface area contributed by atoms with E-state index in [9.17, 15) is 4.79 Å². The fourth-order valence-electron chi connectivity index (χ4n) is 0.358. The van der Waals surface area contributed by atoms with Crippen molar-refractivity contribution in [3.63, 3.8) is 0 Å². The Morgan fingerprint density at radius 1 is 1.89 bits per heavy atom. The molecule has 0 rings (SSSR count). The van der Waals surface area contributed by atoms with Crippen LogP contribution in [0.2, 0.25) is 0 Å². The van der Waals surface area contributed by atoms with Crippen LogP contribution in [0.3, 0.4) is 0 Å². The monoisotopic (exact) mass is 130 g/mol. The van der Waals surface area contributed by atoms with Crippen LogP contribution in [0, 0.1) is 0 Å². The number of nitrogens with zero attached hydrogens (tertiary/aromatic N) is 1. The van der Waals surface area contributed by atoms with Crippen LogP contribution in [0.15, 0.2) is 5.10 Å². The second kappa shape index (κ2) is 5.08. The quantitative estimate of drug-likeness (QED) is 0.255. The summed E-state index contributed by atoms with van der Waals surface area (Å²) in [6.45, 7) is 4.08. The molecular formula is C5H10N2O2. The topological polar surface area (TPSA) is 50.7 Å². The van der Waals surface area contributed by atoms with E-state index in [1.54, 1.807) is 6.92 Å². The van der Waals surface area contributed by atoms with Gasteiger partial charge in [0.25, 0.3) is 0 Å². The normalized spacial score (nSPS) is 10.7. The average molecular weight is 130 g/mol. The molecule has 0 heterocycles. The van der Waals surface area contributed by atoms with Gasteiger partial charge in [-0.05, 0) is 6.92 Å². The second-order valence-corrected chi connectivity index (χ2v) is 1.31. The van der Waals surface area contributed by atoms with Crippen molar-refractivity contribution in [1.29, 1.82) is 0 Å². The van der Waals surface area contributed by atoms with Gasteiger partial charge in [-0.2, -0.15) is 0 Å². The molecule has 9 heavy (non-hydrogen) atoms. The highest BCUT2D eigenvalue weighted by Gasteiger charge is 1.84. The molecule has 0 aliphatic rings. The molecule has 0 atom stereocenters. The van der Waals surface area contributed by atoms with Crippen molar-refractivity contribution >= 4 is 12.3 Å². The molecule has 0 saturated carbocycles. The van der Waals surface area contributed by atoms with Crippen LogP contribution in [-0.4, -0.2) is 18.9 Å². The van der Waals surface area contributed by atoms with Gasteiger partial charge in [-0.15, -0.1) is 5.10 Å². The Hall–Kier alpha value is -1.06. The highest BCUT2D eigenvalue weighted by Crippen LogP contribution is 1.76. The molecule has 4 nitrogen and oxygen atoms in total. The molecule has 0 bridgehead atoms. The summed E-state index contributed by atoms with van der Waals surface area (Å²) in [5.41, 5.74) is 2.12. The van der Waals surface area contributed by atoms with Crippen LogP contribution in [-0.2, 0) is 9.53 Å². The van der Waals surface area contributed by atoms with Crippen LogP contribution in [0.1, 0.15) is 13.8 Å². The largest absolute Gasteiger partial charge is 0.480 e. The molecule has 0 aromatic carbocycles. The molecule has 0 fully saturated rings. The Morgan fingerprint density at radius 3 is 3.00 bits per heavy atom. The third-order valence-corrected chi connectivity index (χ3v) is 0.628. The molecule has 0 aliphatic heterocycles. The Balaban J connectivity index is 3.42. The summed E-state index contributed by atoms with van der Waals surface area (Å²) in [6, 6.07) is 0. The van der Waals surface area contributed by atoms with E-state index in [0.29, 0.717) is 18.9 Å². The number of hydrazone groups is 1. The van der Waals surface area contributed by atoms with Gasteiger partial charge in [-0.3, -0.25) is 4.79 Å². The van der Waals surface area contributed by atoms with Crippen molar-refractivity contribution in [2.75, 3.05) is 6.61 Å². The van der Waals surface area contributed by atoms with Crippen LogP contribution >= 0.6 is 0 Å². The fourth-order valence-corrected chi connectivity index (χ4v) is 0.358. The van der Waals surface area contributed by atoms with Crippen molar-refractivity contribution in [1.82, 2.24) is 5.43 Å². The van der Waals surface area contributed by atoms with Gasteiger partial charge in [-0.1, -0.05) is 0 Å². The van der Waals surface area contributed by atoms with Crippen LogP contribution in [0.4, 0.5) is 0 Å². The van der Waals surface area contributed by atoms with E-state index in [4.69, 9.17) is 4.74 Å². The van der Waals surface area contributed by atoms with E-state index < -0.39 is 0 Å². The van der Waals surface area contributed by atoms with Gasteiger partial charge in [0, 0.05) is 6.92 Å². The fraction of sp³-hybridized carbons (Fsp3) is 0.600. The Kier molecular flexibility index (Phi) is 4.49. The lowest BCUT2D eigenvalue weighted by Gasteiger charge is -1.97. The van der Waals surface area contributed by atoms with Gasteiger partial charge in [0.2, 0.25) is 12.3 Å². The smallest absolute Gasteiger partial charge is 0.227 e. The summed E-state index contributed by atoms with van der Waals surface area (Å²) in [5, 5.41) is 3.51. The molecule has 0 saturated heterocycles. The third-order valence-electron chi connectivity index (χ3n) is 0.628. The predicted octanol–water partition coefficient (Wildman–Crippen LogP) is 0.102. The SMILES string of the molecule is CCO/C(C)=N/NC=O. The molecule has 0 aliphatic carbocycles. The number of hydrogen-bond acceptors (Lipinski definition) is 3. The molecule has 4 heteroatoms. The lowest BCUT2D eigenvalue weighted by atomic mass is 10.7. The second-order valence-electron chi connectivity index (χ2n) is 1.31. The first-order valence-corrected chi connectivity index (χ1v) is 2.67. The maximum Gasteiger partial charge on any atom is 0.227 e. The Morgan fingerprint density at radius 2 is 2.56 bits per heavy atom. The first-order chi connectivity index (χ1) is 4.31. The van der Waals surface area contributed by atoms with Gasteiger partial charge in [-0.25, -0.2) is 5.43 Å². The zero-order chi connectivity index (χ0) is 7.11. The summed E-state index contributed by atoms with van der Waals surface area (Å²) >= 11 is 0. The highest BCUT2D eigenvalue weighted by molar-refractivity contribution is 5.73. The average Bonchev–Trinajstić information content (AvgIpc) is 1.85. The molecule has 0 spiro atoms. The Bertz CT molecular complexity index is 112. The van der Waals surface area contributed by atoms with E-state index in [-0.39, 0.29) is 0 Å². The van der Waals surface area contributed by atoms with Crippen LogP contribution < -0.4 is 5.43 Å². The molecule has 52 valence electrons. The summed E-state index contributed by atoms with van der Waals surface area (Å²) < 4.78 is 4.87. The lowest BCUT2D eigenvalue weighted by molar-refractivity contribution is -0.109. The zero-order valence-corrected chi connectivity index (χ0v) is 5.55. The van der Waals surface area contributed by atoms with Crippen LogP contribution in [0.5, 0.6) is 0 Å². The minimum Gasteiger partial charge on any atom is -0.480 e. The lowest BCUT2D eigenvalue weighted by Crippen LogP contribution is -2.07. The van der Waals surface area contributed by atoms with Gasteiger partial charge in [0.1, 0.15) is 0 Å². The number of amides is 1. The molecule has 0 aromatic heterocycles. The first kappa shape index (κ1) is 7.94. The molecule has 0 unspecified atom stereocenters. The molecule has 1 amide bonds. The number of carbonyl (C=O) groups excluding carboxylic acids is 1. The van der Waals surface area contributed by atoms with Gasteiger partial charge in [0.05, 0.1) is 6.61 Å². The summed E-state index contributed by atoms with van der Waals surface area (Å²) in [7, 11) is 0. The van der Waals surface area contributed by atoms with Crippen molar-refractivity contribution in [3.8, 4) is 0 Å². The summed E-state index contributed by atoms with van der Waals surface area (Å²) in [5.74, 6) is 0.463. The van der Waals surface area contributed by atoms with Gasteiger partial charge in [0.15, 0.2) is 0 Å². The van der Waals surface area contributed by atoms with E-state index in [0.717, 1.165) is 0 Å². The summed E-state index contributed by atoms with van der Waals surface area (Å²) in [4.78, 5) is 9.64. The van der Waals surface area contributed by atoms with Crippen LogP contribution in [0.25, 0.3) is 0 Å². The third kappa shape index (κ3) is 4.80. The molecular weight excluding hydrogens is 120 g/mol. The zero-order valence-electron chi connectivity index (χ0n) is 5.55. The molecule has 1 N–H and O–H groups in total. The minimum atomic E-state index is 0.463. The number of carbonyl (C=O) groups is 1. The maximum atomic E-state index is 9.64. The Labute approximate surface area is 53.9 Å². The number of nitrogens with one attached hydrogen (secondary N) is 1. The minimum absolute atomic E-state index is 0.463. The van der Waals surface area contributed by atoms with Crippen molar-refractivity contribution in [3.05, 3.63) is 0 Å². The molecule has 0 radical (unpaired) electrons. The van der Waals surface area contributed by atoms with E-state index >= 15 is 0 Å². The van der Waals surface area contributed by atoms with Crippen molar-refractivity contribution in [2.24, 2.45) is 5.10 Å². The standard InChI is InChI=1S/C5H10N2O2/c1-3-9-5(2)7-6-4-8/h4H,3H2,1-2H3,(H,6,8)/b7-5+. The first-order valence-electron chi connectivity index (χ1n) is 2.67. The van der Waals surface area contributed by atoms with Gasteiger partial charge < -0.3 is 4.74 Å². The predicted molar refractivity (Wildman–Crippen MR) is 33.9 cm³/mol. The maximum absolute atomic E-state index is 9.64. The highest BCUT2D eigenvalue weighted by atomic mass is 16.5. The number of rotatable bonds is 3. The van der Waals surface area contributed by atoms with E-state index in [2.05, 4.69) is 10.5 Å². The van der Waals surface area contributed by atoms with Gasteiger partial charge >= 0.3 is 0 Å². The molecule has 0 aromatic rings.